The van der Waals surface area contributed by atoms with Gasteiger partial charge in [0.2, 0.25) is 0 Å². The van der Waals surface area contributed by atoms with E-state index in [1.807, 2.05) is 18.0 Å². The van der Waals surface area contributed by atoms with E-state index in [1.165, 1.54) is 5.57 Å². The van der Waals surface area contributed by atoms with Crippen molar-refractivity contribution in [3.63, 3.8) is 0 Å². The zero-order valence-electron chi connectivity index (χ0n) is 16.1. The molecular weight excluding hydrogens is 300 g/mol. The Labute approximate surface area is 146 Å². The molecule has 1 aromatic heterocycles. The second-order valence-corrected chi connectivity index (χ2v) is 8.02. The van der Waals surface area contributed by atoms with Crippen LogP contribution in [0.2, 0.25) is 0 Å². The van der Waals surface area contributed by atoms with Crippen LogP contribution in [0.25, 0.3) is 0 Å². The van der Waals surface area contributed by atoms with Crippen LogP contribution < -0.4 is 0 Å². The van der Waals surface area contributed by atoms with Crippen LogP contribution in [-0.2, 0) is 12.5 Å². The standard InChI is InChI=1S/C19H32N4O/c1-15(2)8-11-22-9-7-10-23(13-12-22)18(24)16-14-17(19(3,4)5)20-21(16)6/h8,14H,7,9-13H2,1-6H3. The van der Waals surface area contributed by atoms with Gasteiger partial charge in [-0.3, -0.25) is 14.4 Å². The lowest BCUT2D eigenvalue weighted by molar-refractivity contribution is 0.0751. The van der Waals surface area contributed by atoms with E-state index in [1.54, 1.807) is 4.68 Å². The molecule has 0 unspecified atom stereocenters. The Morgan fingerprint density at radius 2 is 1.92 bits per heavy atom. The van der Waals surface area contributed by atoms with Gasteiger partial charge in [0.15, 0.2) is 0 Å². The van der Waals surface area contributed by atoms with E-state index in [4.69, 9.17) is 0 Å². The fraction of sp³-hybridized carbons (Fsp3) is 0.684. The second kappa shape index (κ2) is 7.51. The first-order chi connectivity index (χ1) is 11.2. The Morgan fingerprint density at radius 1 is 1.21 bits per heavy atom. The smallest absolute Gasteiger partial charge is 0.272 e. The van der Waals surface area contributed by atoms with Crippen molar-refractivity contribution in [2.24, 2.45) is 7.05 Å². The summed E-state index contributed by atoms with van der Waals surface area (Å²) < 4.78 is 1.73. The molecule has 0 bridgehead atoms. The van der Waals surface area contributed by atoms with Crippen LogP contribution in [0.4, 0.5) is 0 Å². The number of aromatic nitrogens is 2. The normalized spacial score (nSPS) is 16.8. The van der Waals surface area contributed by atoms with E-state index < -0.39 is 0 Å². The van der Waals surface area contributed by atoms with Gasteiger partial charge in [-0.1, -0.05) is 32.4 Å². The monoisotopic (exact) mass is 332 g/mol. The van der Waals surface area contributed by atoms with E-state index in [-0.39, 0.29) is 11.3 Å². The number of hydrogen-bond acceptors (Lipinski definition) is 3. The molecule has 5 nitrogen and oxygen atoms in total. The fourth-order valence-corrected chi connectivity index (χ4v) is 2.86. The predicted molar refractivity (Wildman–Crippen MR) is 98.3 cm³/mol. The molecule has 1 amide bonds. The van der Waals surface area contributed by atoms with Crippen LogP contribution in [0.5, 0.6) is 0 Å². The minimum Gasteiger partial charge on any atom is -0.336 e. The fourth-order valence-electron chi connectivity index (χ4n) is 2.86. The predicted octanol–water partition coefficient (Wildman–Crippen LogP) is 2.83. The molecule has 2 rings (SSSR count). The molecule has 0 atom stereocenters. The lowest BCUT2D eigenvalue weighted by atomic mass is 9.92. The Hall–Kier alpha value is -1.62. The van der Waals surface area contributed by atoms with Gasteiger partial charge in [-0.25, -0.2) is 0 Å². The van der Waals surface area contributed by atoms with Gasteiger partial charge in [0, 0.05) is 45.2 Å². The number of carbonyl (C=O) groups is 1. The first kappa shape index (κ1) is 18.7. The van der Waals surface area contributed by atoms with E-state index in [0.29, 0.717) is 5.69 Å². The van der Waals surface area contributed by atoms with E-state index in [0.717, 1.165) is 44.8 Å². The first-order valence-corrected chi connectivity index (χ1v) is 8.88. The minimum atomic E-state index is -0.0454. The van der Waals surface area contributed by atoms with Gasteiger partial charge in [0.1, 0.15) is 5.69 Å². The van der Waals surface area contributed by atoms with Crippen LogP contribution in [0.3, 0.4) is 0 Å². The summed E-state index contributed by atoms with van der Waals surface area (Å²) in [4.78, 5) is 17.3. The molecule has 0 aliphatic carbocycles. The second-order valence-electron chi connectivity index (χ2n) is 8.02. The lowest BCUT2D eigenvalue weighted by Crippen LogP contribution is -2.36. The number of rotatable bonds is 3. The quantitative estimate of drug-likeness (QED) is 0.799. The zero-order chi connectivity index (χ0) is 17.9. The Morgan fingerprint density at radius 3 is 2.50 bits per heavy atom. The summed E-state index contributed by atoms with van der Waals surface area (Å²) in [7, 11) is 1.86. The van der Waals surface area contributed by atoms with Crippen LogP contribution in [0, 0.1) is 0 Å². The van der Waals surface area contributed by atoms with E-state index in [2.05, 4.69) is 50.7 Å². The SMILES string of the molecule is CC(C)=CCN1CCCN(C(=O)c2cc(C(C)(C)C)nn2C)CC1. The Kier molecular flexibility index (Phi) is 5.86. The molecular formula is C19H32N4O. The van der Waals surface area contributed by atoms with Gasteiger partial charge in [-0.05, 0) is 26.3 Å². The van der Waals surface area contributed by atoms with Crippen LogP contribution in [0.15, 0.2) is 17.7 Å². The van der Waals surface area contributed by atoms with Crippen molar-refractivity contribution < 1.29 is 4.79 Å². The summed E-state index contributed by atoms with van der Waals surface area (Å²) in [6.07, 6.45) is 3.28. The summed E-state index contributed by atoms with van der Waals surface area (Å²) in [6.45, 7) is 15.2. The van der Waals surface area contributed by atoms with Crippen molar-refractivity contribution in [1.82, 2.24) is 19.6 Å². The van der Waals surface area contributed by atoms with Crippen molar-refractivity contribution >= 4 is 5.91 Å². The maximum atomic E-state index is 12.9. The van der Waals surface area contributed by atoms with Crippen LogP contribution >= 0.6 is 0 Å². The molecule has 24 heavy (non-hydrogen) atoms. The molecule has 0 aromatic carbocycles. The molecule has 0 N–H and O–H groups in total. The van der Waals surface area contributed by atoms with Gasteiger partial charge >= 0.3 is 0 Å². The maximum Gasteiger partial charge on any atom is 0.272 e. The largest absolute Gasteiger partial charge is 0.336 e. The molecule has 1 aromatic rings. The summed E-state index contributed by atoms with van der Waals surface area (Å²) >= 11 is 0. The molecule has 134 valence electrons. The number of carbonyl (C=O) groups excluding carboxylic acids is 1. The Bertz CT molecular complexity index is 605. The molecule has 0 saturated carbocycles. The summed E-state index contributed by atoms with van der Waals surface area (Å²) in [5.41, 5.74) is 2.96. The highest BCUT2D eigenvalue weighted by Crippen LogP contribution is 2.22. The van der Waals surface area contributed by atoms with Crippen molar-refractivity contribution in [2.45, 2.75) is 46.5 Å². The van der Waals surface area contributed by atoms with Crippen LogP contribution in [-0.4, -0.2) is 58.2 Å². The maximum absolute atomic E-state index is 12.9. The summed E-state index contributed by atoms with van der Waals surface area (Å²) in [6, 6.07) is 1.95. The molecule has 0 radical (unpaired) electrons. The molecule has 0 spiro atoms. The highest BCUT2D eigenvalue weighted by atomic mass is 16.2. The third kappa shape index (κ3) is 4.69. The topological polar surface area (TPSA) is 41.4 Å². The third-order valence-corrected chi connectivity index (χ3v) is 4.50. The molecule has 5 heteroatoms. The molecule has 1 saturated heterocycles. The summed E-state index contributed by atoms with van der Waals surface area (Å²) in [5.74, 6) is 0.101. The van der Waals surface area contributed by atoms with Crippen molar-refractivity contribution in [2.75, 3.05) is 32.7 Å². The number of aryl methyl sites for hydroxylation is 1. The molecule has 1 aliphatic rings. The minimum absolute atomic E-state index is 0.0454. The van der Waals surface area contributed by atoms with Gasteiger partial charge in [-0.2, -0.15) is 5.10 Å². The molecule has 1 fully saturated rings. The molecule has 2 heterocycles. The van der Waals surface area contributed by atoms with Crippen molar-refractivity contribution in [1.29, 1.82) is 0 Å². The highest BCUT2D eigenvalue weighted by Gasteiger charge is 2.25. The molecule has 1 aliphatic heterocycles. The van der Waals surface area contributed by atoms with Gasteiger partial charge in [0.25, 0.3) is 5.91 Å². The average Bonchev–Trinajstić information content (AvgIpc) is 2.74. The summed E-state index contributed by atoms with van der Waals surface area (Å²) in [5, 5.41) is 4.54. The van der Waals surface area contributed by atoms with Crippen molar-refractivity contribution in [3.05, 3.63) is 29.1 Å². The van der Waals surface area contributed by atoms with E-state index in [9.17, 15) is 4.79 Å². The van der Waals surface area contributed by atoms with E-state index >= 15 is 0 Å². The third-order valence-electron chi connectivity index (χ3n) is 4.50. The number of amides is 1. The first-order valence-electron chi connectivity index (χ1n) is 8.88. The zero-order valence-corrected chi connectivity index (χ0v) is 16.1. The number of hydrogen-bond donors (Lipinski definition) is 0. The average molecular weight is 332 g/mol. The van der Waals surface area contributed by atoms with Crippen molar-refractivity contribution in [3.8, 4) is 0 Å². The van der Waals surface area contributed by atoms with Gasteiger partial charge < -0.3 is 4.90 Å². The van der Waals surface area contributed by atoms with Gasteiger partial charge in [-0.15, -0.1) is 0 Å². The Balaban J connectivity index is 2.05. The van der Waals surface area contributed by atoms with Crippen LogP contribution in [0.1, 0.15) is 57.2 Å². The van der Waals surface area contributed by atoms with Gasteiger partial charge in [0.05, 0.1) is 5.69 Å². The lowest BCUT2D eigenvalue weighted by Gasteiger charge is -2.21. The number of allylic oxidation sites excluding steroid dienone is 1. The number of nitrogens with zero attached hydrogens (tertiary/aromatic N) is 4. The highest BCUT2D eigenvalue weighted by molar-refractivity contribution is 5.92.